The lowest BCUT2D eigenvalue weighted by Crippen LogP contribution is -2.38. The van der Waals surface area contributed by atoms with Gasteiger partial charge in [-0.15, -0.1) is 0 Å². The fraction of sp³-hybridized carbons (Fsp3) is 0.500. The summed E-state index contributed by atoms with van der Waals surface area (Å²) < 4.78 is 1.77. The van der Waals surface area contributed by atoms with Crippen molar-refractivity contribution < 1.29 is 4.79 Å². The number of nitrogens with one attached hydrogen (secondary N) is 2. The quantitative estimate of drug-likeness (QED) is 0.721. The van der Waals surface area contributed by atoms with Crippen LogP contribution in [0.4, 0.5) is 0 Å². The molecule has 1 aromatic rings. The molecular formula is C12H18N4O. The lowest BCUT2D eigenvalue weighted by molar-refractivity contribution is -0.117. The number of carbonyl (C=O) groups is 1. The molecule has 17 heavy (non-hydrogen) atoms. The standard InChI is InChI=1S/C12H18N4O/c1-9(11-6-13-7-11)12(17)14-4-3-10-5-15-16(2)8-10/h5,8,13H,3-4,6-7H2,1-2H3,(H,14,17). The Morgan fingerprint density at radius 3 is 2.88 bits per heavy atom. The maximum atomic E-state index is 11.8. The summed E-state index contributed by atoms with van der Waals surface area (Å²) in [5.74, 6) is 0.0467. The molecule has 1 amide bonds. The van der Waals surface area contributed by atoms with Gasteiger partial charge in [-0.1, -0.05) is 0 Å². The van der Waals surface area contributed by atoms with Crippen LogP contribution >= 0.6 is 0 Å². The van der Waals surface area contributed by atoms with Crippen LogP contribution in [0.2, 0.25) is 0 Å². The van der Waals surface area contributed by atoms with E-state index in [1.807, 2.05) is 26.4 Å². The lowest BCUT2D eigenvalue weighted by atomic mass is 10.0. The Hall–Kier alpha value is -1.62. The molecule has 0 spiro atoms. The minimum absolute atomic E-state index is 0.0467. The van der Waals surface area contributed by atoms with E-state index in [4.69, 9.17) is 0 Å². The summed E-state index contributed by atoms with van der Waals surface area (Å²) in [5, 5.41) is 10.1. The van der Waals surface area contributed by atoms with E-state index in [1.54, 1.807) is 4.68 Å². The zero-order chi connectivity index (χ0) is 12.3. The van der Waals surface area contributed by atoms with E-state index < -0.39 is 0 Å². The second kappa shape index (κ2) is 5.14. The van der Waals surface area contributed by atoms with E-state index in [-0.39, 0.29) is 5.91 Å². The molecule has 0 aliphatic carbocycles. The zero-order valence-electron chi connectivity index (χ0n) is 10.3. The van der Waals surface area contributed by atoms with Gasteiger partial charge in [0.25, 0.3) is 0 Å². The first-order chi connectivity index (χ1) is 8.16. The van der Waals surface area contributed by atoms with Gasteiger partial charge in [0, 0.05) is 38.5 Å². The van der Waals surface area contributed by atoms with Gasteiger partial charge in [-0.3, -0.25) is 9.48 Å². The highest BCUT2D eigenvalue weighted by molar-refractivity contribution is 5.93. The van der Waals surface area contributed by atoms with Gasteiger partial charge < -0.3 is 10.6 Å². The monoisotopic (exact) mass is 234 g/mol. The molecule has 1 aliphatic rings. The van der Waals surface area contributed by atoms with E-state index in [1.165, 1.54) is 5.57 Å². The largest absolute Gasteiger partial charge is 0.352 e. The third-order valence-electron chi connectivity index (χ3n) is 3.01. The first-order valence-electron chi connectivity index (χ1n) is 5.82. The molecule has 0 saturated carbocycles. The molecule has 0 aromatic carbocycles. The Morgan fingerprint density at radius 1 is 1.59 bits per heavy atom. The molecule has 1 aliphatic heterocycles. The number of carbonyl (C=O) groups excluding carboxylic acids is 1. The lowest BCUT2D eigenvalue weighted by Gasteiger charge is -2.21. The van der Waals surface area contributed by atoms with Gasteiger partial charge in [0.1, 0.15) is 0 Å². The first-order valence-corrected chi connectivity index (χ1v) is 5.82. The Bertz CT molecular complexity index is 441. The molecule has 2 heterocycles. The number of aryl methyl sites for hydroxylation is 1. The second-order valence-corrected chi connectivity index (χ2v) is 4.36. The molecule has 92 valence electrons. The SMILES string of the molecule is CC(C(=O)NCCc1cnn(C)c1)=C1CNC1. The molecule has 1 saturated heterocycles. The Labute approximate surface area is 101 Å². The minimum Gasteiger partial charge on any atom is -0.352 e. The van der Waals surface area contributed by atoms with Gasteiger partial charge in [0.2, 0.25) is 5.91 Å². The van der Waals surface area contributed by atoms with Crippen molar-refractivity contribution in [2.45, 2.75) is 13.3 Å². The summed E-state index contributed by atoms with van der Waals surface area (Å²) in [4.78, 5) is 11.8. The fourth-order valence-corrected chi connectivity index (χ4v) is 1.73. The predicted molar refractivity (Wildman–Crippen MR) is 65.5 cm³/mol. The average molecular weight is 234 g/mol. The molecule has 0 atom stereocenters. The number of rotatable bonds is 4. The molecular weight excluding hydrogens is 216 g/mol. The van der Waals surface area contributed by atoms with Crippen LogP contribution in [0, 0.1) is 0 Å². The summed E-state index contributed by atoms with van der Waals surface area (Å²) in [6.07, 6.45) is 4.61. The minimum atomic E-state index is 0.0467. The number of hydrogen-bond acceptors (Lipinski definition) is 3. The number of hydrogen-bond donors (Lipinski definition) is 2. The van der Waals surface area contributed by atoms with Crippen molar-refractivity contribution in [3.8, 4) is 0 Å². The number of nitrogens with zero attached hydrogens (tertiary/aromatic N) is 2. The van der Waals surface area contributed by atoms with Gasteiger partial charge in [-0.25, -0.2) is 0 Å². The Balaban J connectivity index is 1.77. The van der Waals surface area contributed by atoms with Crippen LogP contribution in [0.1, 0.15) is 12.5 Å². The molecule has 1 fully saturated rings. The smallest absolute Gasteiger partial charge is 0.246 e. The summed E-state index contributed by atoms with van der Waals surface area (Å²) in [5.41, 5.74) is 3.21. The van der Waals surface area contributed by atoms with Crippen LogP contribution in [-0.4, -0.2) is 35.3 Å². The molecule has 5 heteroatoms. The van der Waals surface area contributed by atoms with Gasteiger partial charge in [0.05, 0.1) is 6.20 Å². The second-order valence-electron chi connectivity index (χ2n) is 4.36. The van der Waals surface area contributed by atoms with Crippen molar-refractivity contribution in [3.63, 3.8) is 0 Å². The molecule has 1 aromatic heterocycles. The van der Waals surface area contributed by atoms with Crippen molar-refractivity contribution >= 4 is 5.91 Å². The Morgan fingerprint density at radius 2 is 2.35 bits per heavy atom. The van der Waals surface area contributed by atoms with Gasteiger partial charge in [-0.05, 0) is 24.5 Å². The summed E-state index contributed by atoms with van der Waals surface area (Å²) in [6.45, 7) is 4.24. The van der Waals surface area contributed by atoms with Crippen LogP contribution in [0.3, 0.4) is 0 Å². The van der Waals surface area contributed by atoms with Crippen LogP contribution in [0.15, 0.2) is 23.5 Å². The van der Waals surface area contributed by atoms with Crippen LogP contribution in [0.25, 0.3) is 0 Å². The summed E-state index contributed by atoms with van der Waals surface area (Å²) >= 11 is 0. The molecule has 2 rings (SSSR count). The van der Waals surface area contributed by atoms with Crippen molar-refractivity contribution in [1.82, 2.24) is 20.4 Å². The van der Waals surface area contributed by atoms with Gasteiger partial charge in [-0.2, -0.15) is 5.10 Å². The van der Waals surface area contributed by atoms with Crippen LogP contribution in [-0.2, 0) is 18.3 Å². The number of aromatic nitrogens is 2. The van der Waals surface area contributed by atoms with Gasteiger partial charge in [0.15, 0.2) is 0 Å². The molecule has 2 N–H and O–H groups in total. The summed E-state index contributed by atoms with van der Waals surface area (Å²) in [7, 11) is 1.89. The van der Waals surface area contributed by atoms with Gasteiger partial charge >= 0.3 is 0 Å². The normalized spacial score (nSPS) is 14.4. The topological polar surface area (TPSA) is 59.0 Å². The molecule has 5 nitrogen and oxygen atoms in total. The Kier molecular flexibility index (Phi) is 3.58. The van der Waals surface area contributed by atoms with E-state index in [0.717, 1.165) is 30.6 Å². The van der Waals surface area contributed by atoms with E-state index >= 15 is 0 Å². The maximum absolute atomic E-state index is 11.8. The zero-order valence-corrected chi connectivity index (χ0v) is 10.3. The highest BCUT2D eigenvalue weighted by Crippen LogP contribution is 2.08. The van der Waals surface area contributed by atoms with Crippen LogP contribution in [0.5, 0.6) is 0 Å². The fourth-order valence-electron chi connectivity index (χ4n) is 1.73. The third-order valence-corrected chi connectivity index (χ3v) is 3.01. The highest BCUT2D eigenvalue weighted by atomic mass is 16.1. The maximum Gasteiger partial charge on any atom is 0.246 e. The van der Waals surface area contributed by atoms with Crippen LogP contribution < -0.4 is 10.6 Å². The summed E-state index contributed by atoms with van der Waals surface area (Å²) in [6, 6.07) is 0. The predicted octanol–water partition coefficient (Wildman–Crippen LogP) is -0.00150. The first kappa shape index (κ1) is 11.9. The molecule has 0 bridgehead atoms. The van der Waals surface area contributed by atoms with Crippen molar-refractivity contribution in [3.05, 3.63) is 29.1 Å². The van der Waals surface area contributed by atoms with Crippen molar-refractivity contribution in [1.29, 1.82) is 0 Å². The molecule has 0 radical (unpaired) electrons. The van der Waals surface area contributed by atoms with E-state index in [2.05, 4.69) is 15.7 Å². The van der Waals surface area contributed by atoms with Crippen molar-refractivity contribution in [2.75, 3.05) is 19.6 Å². The average Bonchev–Trinajstić information content (AvgIpc) is 2.61. The molecule has 0 unspecified atom stereocenters. The number of amides is 1. The van der Waals surface area contributed by atoms with Crippen molar-refractivity contribution in [2.24, 2.45) is 7.05 Å². The van der Waals surface area contributed by atoms with E-state index in [9.17, 15) is 4.79 Å². The van der Waals surface area contributed by atoms with E-state index in [0.29, 0.717) is 6.54 Å². The highest BCUT2D eigenvalue weighted by Gasteiger charge is 2.15. The third kappa shape index (κ3) is 2.94.